The zero-order valence-corrected chi connectivity index (χ0v) is 17.5. The summed E-state index contributed by atoms with van der Waals surface area (Å²) in [6, 6.07) is 10.6. The number of para-hydroxylation sites is 1. The third-order valence-corrected chi connectivity index (χ3v) is 5.60. The number of nitrogens with zero attached hydrogens (tertiary/aromatic N) is 4. The van der Waals surface area contributed by atoms with Crippen LogP contribution in [0.5, 0.6) is 0 Å². The van der Waals surface area contributed by atoms with Crippen LogP contribution in [-0.4, -0.2) is 41.8 Å². The predicted molar refractivity (Wildman–Crippen MR) is 116 cm³/mol. The first kappa shape index (κ1) is 19.6. The van der Waals surface area contributed by atoms with Crippen molar-refractivity contribution in [2.24, 2.45) is 5.92 Å². The van der Waals surface area contributed by atoms with E-state index < -0.39 is 0 Å². The molecule has 0 amide bonds. The predicted octanol–water partition coefficient (Wildman–Crippen LogP) is 3.75. The SMILES string of the molecule is Cc1cc(CNC[C@H]2CC[C@@H](Nc3nc(N(C)C)c4ccccc4n3)CC2)no1. The smallest absolute Gasteiger partial charge is 0.225 e. The molecule has 3 aromatic rings. The van der Waals surface area contributed by atoms with Crippen LogP contribution in [0, 0.1) is 12.8 Å². The lowest BCUT2D eigenvalue weighted by molar-refractivity contribution is 0.321. The van der Waals surface area contributed by atoms with Crippen molar-refractivity contribution in [1.29, 1.82) is 0 Å². The molecule has 2 aromatic heterocycles. The molecule has 0 spiro atoms. The number of aromatic nitrogens is 3. The van der Waals surface area contributed by atoms with Gasteiger partial charge in [0.1, 0.15) is 11.6 Å². The summed E-state index contributed by atoms with van der Waals surface area (Å²) in [6.07, 6.45) is 4.69. The van der Waals surface area contributed by atoms with E-state index in [1.807, 2.05) is 50.2 Å². The Morgan fingerprint density at radius 1 is 1.10 bits per heavy atom. The lowest BCUT2D eigenvalue weighted by atomic mass is 9.86. The Labute approximate surface area is 171 Å². The first-order valence-electron chi connectivity index (χ1n) is 10.4. The average molecular weight is 395 g/mol. The molecule has 0 saturated heterocycles. The van der Waals surface area contributed by atoms with Crippen molar-refractivity contribution in [1.82, 2.24) is 20.4 Å². The highest BCUT2D eigenvalue weighted by molar-refractivity contribution is 5.90. The molecule has 29 heavy (non-hydrogen) atoms. The molecule has 1 aliphatic carbocycles. The van der Waals surface area contributed by atoms with Gasteiger partial charge in [0.25, 0.3) is 0 Å². The topological polar surface area (TPSA) is 79.1 Å². The number of nitrogens with one attached hydrogen (secondary N) is 2. The molecular formula is C22H30N6O. The summed E-state index contributed by atoms with van der Waals surface area (Å²) in [5.41, 5.74) is 1.96. The van der Waals surface area contributed by atoms with E-state index in [0.29, 0.717) is 12.0 Å². The molecule has 0 unspecified atom stereocenters. The first-order valence-corrected chi connectivity index (χ1v) is 10.4. The molecule has 1 aromatic carbocycles. The van der Waals surface area contributed by atoms with Gasteiger partial charge in [0.05, 0.1) is 11.2 Å². The van der Waals surface area contributed by atoms with E-state index in [2.05, 4.69) is 21.9 Å². The summed E-state index contributed by atoms with van der Waals surface area (Å²) >= 11 is 0. The van der Waals surface area contributed by atoms with Crippen LogP contribution in [0.15, 0.2) is 34.9 Å². The maximum Gasteiger partial charge on any atom is 0.225 e. The molecular weight excluding hydrogens is 364 g/mol. The van der Waals surface area contributed by atoms with Crippen LogP contribution in [-0.2, 0) is 6.54 Å². The highest BCUT2D eigenvalue weighted by atomic mass is 16.5. The number of anilines is 2. The van der Waals surface area contributed by atoms with Crippen LogP contribution < -0.4 is 15.5 Å². The number of fused-ring (bicyclic) bond motifs is 1. The van der Waals surface area contributed by atoms with Gasteiger partial charge in [0.2, 0.25) is 5.95 Å². The van der Waals surface area contributed by atoms with Gasteiger partial charge in [-0.05, 0) is 57.2 Å². The van der Waals surface area contributed by atoms with Gasteiger partial charge in [-0.2, -0.15) is 4.98 Å². The number of hydrogen-bond donors (Lipinski definition) is 2. The highest BCUT2D eigenvalue weighted by Gasteiger charge is 2.22. The lowest BCUT2D eigenvalue weighted by Gasteiger charge is -2.29. The van der Waals surface area contributed by atoms with Crippen molar-refractivity contribution in [2.45, 2.75) is 45.2 Å². The Kier molecular flexibility index (Phi) is 5.94. The number of hydrogen-bond acceptors (Lipinski definition) is 7. The van der Waals surface area contributed by atoms with Gasteiger partial charge >= 0.3 is 0 Å². The minimum atomic E-state index is 0.431. The Morgan fingerprint density at radius 2 is 1.90 bits per heavy atom. The quantitative estimate of drug-likeness (QED) is 0.632. The number of rotatable bonds is 7. The summed E-state index contributed by atoms with van der Waals surface area (Å²) in [5, 5.41) is 12.2. The molecule has 154 valence electrons. The van der Waals surface area contributed by atoms with Gasteiger partial charge in [-0.3, -0.25) is 0 Å². The fourth-order valence-corrected chi connectivity index (χ4v) is 4.06. The zero-order chi connectivity index (χ0) is 20.2. The van der Waals surface area contributed by atoms with E-state index in [9.17, 15) is 0 Å². The molecule has 4 rings (SSSR count). The fourth-order valence-electron chi connectivity index (χ4n) is 4.06. The monoisotopic (exact) mass is 394 g/mol. The highest BCUT2D eigenvalue weighted by Crippen LogP contribution is 2.28. The van der Waals surface area contributed by atoms with Gasteiger partial charge < -0.3 is 20.1 Å². The minimum Gasteiger partial charge on any atom is -0.362 e. The standard InChI is InChI=1S/C22H30N6O/c1-15-12-18(27-29-15)14-23-13-16-8-10-17(11-9-16)24-22-25-20-7-5-4-6-19(20)21(26-22)28(2)3/h4-7,12,16-17,23H,8-11,13-14H2,1-3H3,(H,24,25,26)/t16-,17+. The molecule has 0 bridgehead atoms. The Hall–Kier alpha value is -2.67. The average Bonchev–Trinajstić information content (AvgIpc) is 3.13. The van der Waals surface area contributed by atoms with E-state index in [-0.39, 0.29) is 0 Å². The summed E-state index contributed by atoms with van der Waals surface area (Å²) in [4.78, 5) is 11.6. The summed E-state index contributed by atoms with van der Waals surface area (Å²) < 4.78 is 5.11. The second-order valence-electron chi connectivity index (χ2n) is 8.20. The van der Waals surface area contributed by atoms with Crippen molar-refractivity contribution in [3.63, 3.8) is 0 Å². The van der Waals surface area contributed by atoms with Crippen molar-refractivity contribution >= 4 is 22.7 Å². The van der Waals surface area contributed by atoms with Crippen LogP contribution in [0.1, 0.15) is 37.1 Å². The van der Waals surface area contributed by atoms with Gasteiger partial charge in [-0.25, -0.2) is 4.98 Å². The second kappa shape index (κ2) is 8.78. The van der Waals surface area contributed by atoms with Gasteiger partial charge in [-0.15, -0.1) is 0 Å². The maximum absolute atomic E-state index is 5.11. The van der Waals surface area contributed by atoms with Crippen LogP contribution in [0.3, 0.4) is 0 Å². The molecule has 0 radical (unpaired) electrons. The van der Waals surface area contributed by atoms with E-state index >= 15 is 0 Å². The fraction of sp³-hybridized carbons (Fsp3) is 0.500. The molecule has 7 nitrogen and oxygen atoms in total. The van der Waals surface area contributed by atoms with Crippen molar-refractivity contribution in [3.05, 3.63) is 41.8 Å². The molecule has 0 aliphatic heterocycles. The molecule has 1 saturated carbocycles. The summed E-state index contributed by atoms with van der Waals surface area (Å²) in [6.45, 7) is 3.72. The van der Waals surface area contributed by atoms with E-state index in [0.717, 1.165) is 60.1 Å². The van der Waals surface area contributed by atoms with Crippen LogP contribution in [0.2, 0.25) is 0 Å². The number of aryl methyl sites for hydroxylation is 1. The molecule has 1 aliphatic rings. The molecule has 0 atom stereocenters. The third-order valence-electron chi connectivity index (χ3n) is 5.60. The Morgan fingerprint density at radius 3 is 2.62 bits per heavy atom. The van der Waals surface area contributed by atoms with E-state index in [4.69, 9.17) is 14.5 Å². The molecule has 2 heterocycles. The zero-order valence-electron chi connectivity index (χ0n) is 17.5. The summed E-state index contributed by atoms with van der Waals surface area (Å²) in [7, 11) is 4.05. The minimum absolute atomic E-state index is 0.431. The third kappa shape index (κ3) is 4.85. The largest absolute Gasteiger partial charge is 0.362 e. The van der Waals surface area contributed by atoms with Gasteiger partial charge in [-0.1, -0.05) is 17.3 Å². The van der Waals surface area contributed by atoms with Crippen molar-refractivity contribution in [2.75, 3.05) is 30.9 Å². The normalized spacial score (nSPS) is 19.4. The lowest BCUT2D eigenvalue weighted by Crippen LogP contribution is -2.31. The van der Waals surface area contributed by atoms with Crippen molar-refractivity contribution in [3.8, 4) is 0 Å². The molecule has 2 N–H and O–H groups in total. The molecule has 7 heteroatoms. The van der Waals surface area contributed by atoms with E-state index in [1.165, 1.54) is 12.8 Å². The van der Waals surface area contributed by atoms with Gasteiger partial charge in [0.15, 0.2) is 0 Å². The van der Waals surface area contributed by atoms with Gasteiger partial charge in [0, 0.05) is 38.1 Å². The van der Waals surface area contributed by atoms with Crippen molar-refractivity contribution < 1.29 is 4.52 Å². The summed E-state index contributed by atoms with van der Waals surface area (Å²) in [5.74, 6) is 3.26. The Balaban J connectivity index is 1.30. The van der Waals surface area contributed by atoms with Crippen LogP contribution in [0.25, 0.3) is 10.9 Å². The number of benzene rings is 1. The maximum atomic E-state index is 5.11. The first-order chi connectivity index (χ1) is 14.1. The van der Waals surface area contributed by atoms with Crippen LogP contribution in [0.4, 0.5) is 11.8 Å². The second-order valence-corrected chi connectivity index (χ2v) is 8.20. The van der Waals surface area contributed by atoms with E-state index in [1.54, 1.807) is 0 Å². The van der Waals surface area contributed by atoms with Crippen LogP contribution >= 0.6 is 0 Å². The Bertz CT molecular complexity index is 945. The molecule has 1 fully saturated rings.